The van der Waals surface area contributed by atoms with Crippen LogP contribution in [0.3, 0.4) is 0 Å². The van der Waals surface area contributed by atoms with Gasteiger partial charge in [0.05, 0.1) is 12.2 Å². The third kappa shape index (κ3) is 2.44. The SMILES string of the molecule is O=C1[C@@H]2[C@@H]3CCCN1CC[C@@H]2[C@H](c1ccc(Br)cc1)[C@H](O)[C@@H]3O. The van der Waals surface area contributed by atoms with Crippen LogP contribution in [-0.4, -0.2) is 46.3 Å². The minimum Gasteiger partial charge on any atom is -0.390 e. The van der Waals surface area contributed by atoms with Crippen LogP contribution in [0.4, 0.5) is 0 Å². The van der Waals surface area contributed by atoms with Crippen LogP contribution in [0.5, 0.6) is 0 Å². The average molecular weight is 380 g/mol. The molecule has 23 heavy (non-hydrogen) atoms. The van der Waals surface area contributed by atoms with E-state index in [1.54, 1.807) is 0 Å². The molecular weight excluding hydrogens is 358 g/mol. The van der Waals surface area contributed by atoms with Crippen molar-refractivity contribution in [1.29, 1.82) is 0 Å². The third-order valence-electron chi connectivity index (χ3n) is 6.09. The molecule has 0 unspecified atom stereocenters. The smallest absolute Gasteiger partial charge is 0.226 e. The van der Waals surface area contributed by atoms with Crippen molar-refractivity contribution in [3.63, 3.8) is 0 Å². The van der Waals surface area contributed by atoms with Gasteiger partial charge >= 0.3 is 0 Å². The molecule has 0 radical (unpaired) electrons. The predicted octanol–water partition coefficient (Wildman–Crippen LogP) is 2.14. The van der Waals surface area contributed by atoms with Crippen molar-refractivity contribution in [1.82, 2.24) is 4.90 Å². The van der Waals surface area contributed by atoms with E-state index in [2.05, 4.69) is 15.9 Å². The first kappa shape index (κ1) is 15.6. The van der Waals surface area contributed by atoms with Gasteiger partial charge in [0.1, 0.15) is 0 Å². The quantitative estimate of drug-likeness (QED) is 0.785. The van der Waals surface area contributed by atoms with Crippen LogP contribution >= 0.6 is 15.9 Å². The Morgan fingerprint density at radius 3 is 2.43 bits per heavy atom. The number of nitrogens with zero attached hydrogens (tertiary/aromatic N) is 1. The van der Waals surface area contributed by atoms with Gasteiger partial charge in [0, 0.05) is 29.4 Å². The Bertz CT molecular complexity index is 605. The topological polar surface area (TPSA) is 60.8 Å². The fourth-order valence-electron chi connectivity index (χ4n) is 5.04. The number of carbonyl (C=O) groups excluding carboxylic acids is 1. The monoisotopic (exact) mass is 379 g/mol. The summed E-state index contributed by atoms with van der Waals surface area (Å²) < 4.78 is 0.991. The Balaban J connectivity index is 1.76. The molecule has 1 aromatic rings. The summed E-state index contributed by atoms with van der Waals surface area (Å²) in [4.78, 5) is 14.8. The number of benzene rings is 1. The number of aliphatic hydroxyl groups excluding tert-OH is 2. The van der Waals surface area contributed by atoms with Gasteiger partial charge in [0.2, 0.25) is 5.91 Å². The molecular formula is C18H22BrNO3. The number of carbonyl (C=O) groups is 1. The van der Waals surface area contributed by atoms with E-state index in [0.717, 1.165) is 42.4 Å². The summed E-state index contributed by atoms with van der Waals surface area (Å²) in [5.74, 6) is -0.0837. The highest BCUT2D eigenvalue weighted by atomic mass is 79.9. The van der Waals surface area contributed by atoms with Gasteiger partial charge in [-0.25, -0.2) is 0 Å². The van der Waals surface area contributed by atoms with Crippen LogP contribution in [0.25, 0.3) is 0 Å². The second-order valence-corrected chi connectivity index (χ2v) is 8.08. The summed E-state index contributed by atoms with van der Waals surface area (Å²) in [6.07, 6.45) is 1.06. The van der Waals surface area contributed by atoms with Gasteiger partial charge < -0.3 is 15.1 Å². The first-order valence-corrected chi connectivity index (χ1v) is 9.27. The maximum absolute atomic E-state index is 12.9. The van der Waals surface area contributed by atoms with Crippen molar-refractivity contribution in [2.45, 2.75) is 37.4 Å². The second-order valence-electron chi connectivity index (χ2n) is 7.17. The van der Waals surface area contributed by atoms with Crippen LogP contribution in [0.15, 0.2) is 28.7 Å². The third-order valence-corrected chi connectivity index (χ3v) is 6.62. The molecule has 124 valence electrons. The highest BCUT2D eigenvalue weighted by Crippen LogP contribution is 2.51. The van der Waals surface area contributed by atoms with E-state index in [4.69, 9.17) is 0 Å². The zero-order chi connectivity index (χ0) is 16.1. The Labute approximate surface area is 144 Å². The van der Waals surface area contributed by atoms with Gasteiger partial charge in [0.25, 0.3) is 0 Å². The van der Waals surface area contributed by atoms with E-state index in [1.807, 2.05) is 29.2 Å². The summed E-state index contributed by atoms with van der Waals surface area (Å²) in [5, 5.41) is 21.5. The van der Waals surface area contributed by atoms with Crippen LogP contribution in [0, 0.1) is 17.8 Å². The maximum Gasteiger partial charge on any atom is 0.226 e. The summed E-state index contributed by atoms with van der Waals surface area (Å²) >= 11 is 3.44. The highest BCUT2D eigenvalue weighted by Gasteiger charge is 2.55. The van der Waals surface area contributed by atoms with Crippen LogP contribution in [-0.2, 0) is 4.79 Å². The molecule has 2 heterocycles. The fraction of sp³-hybridized carbons (Fsp3) is 0.611. The molecule has 1 amide bonds. The molecule has 1 saturated carbocycles. The second kappa shape index (κ2) is 5.87. The van der Waals surface area contributed by atoms with E-state index in [-0.39, 0.29) is 29.6 Å². The molecule has 1 aliphatic carbocycles. The number of aliphatic hydroxyl groups is 2. The normalized spacial score (nSPS) is 40.0. The first-order valence-electron chi connectivity index (χ1n) is 8.48. The minimum absolute atomic E-state index is 0.0977. The van der Waals surface area contributed by atoms with Crippen LogP contribution in [0.2, 0.25) is 0 Å². The Morgan fingerprint density at radius 1 is 0.957 bits per heavy atom. The molecule has 0 aromatic heterocycles. The largest absolute Gasteiger partial charge is 0.390 e. The van der Waals surface area contributed by atoms with Gasteiger partial charge in [0.15, 0.2) is 0 Å². The molecule has 4 rings (SSSR count). The molecule has 2 saturated heterocycles. The lowest BCUT2D eigenvalue weighted by molar-refractivity contribution is -0.159. The minimum atomic E-state index is -0.813. The van der Waals surface area contributed by atoms with E-state index in [0.29, 0.717) is 0 Å². The Morgan fingerprint density at radius 2 is 1.70 bits per heavy atom. The maximum atomic E-state index is 12.9. The van der Waals surface area contributed by atoms with Crippen molar-refractivity contribution >= 4 is 21.8 Å². The van der Waals surface area contributed by atoms with Gasteiger partial charge in [-0.15, -0.1) is 0 Å². The van der Waals surface area contributed by atoms with Crippen molar-refractivity contribution in [2.75, 3.05) is 13.1 Å². The molecule has 1 aromatic carbocycles. The zero-order valence-electron chi connectivity index (χ0n) is 12.9. The highest BCUT2D eigenvalue weighted by molar-refractivity contribution is 9.10. The van der Waals surface area contributed by atoms with Gasteiger partial charge in [-0.05, 0) is 48.8 Å². The van der Waals surface area contributed by atoms with Crippen molar-refractivity contribution < 1.29 is 15.0 Å². The standard InChI is InChI=1S/C18H22BrNO3/c19-11-5-3-10(4-6-11)14-12-7-9-20-8-1-2-13(15(12)18(20)23)16(21)17(14)22/h3-6,12-17,21-22H,1-2,7-9H2/t12-,13+,14+,15+,16-,17+/m1/s1. The number of hydrogen-bond acceptors (Lipinski definition) is 3. The van der Waals surface area contributed by atoms with Crippen molar-refractivity contribution in [3.05, 3.63) is 34.3 Å². The first-order chi connectivity index (χ1) is 11.1. The van der Waals surface area contributed by atoms with Crippen molar-refractivity contribution in [3.8, 4) is 0 Å². The lowest BCUT2D eigenvalue weighted by atomic mass is 9.59. The molecule has 3 fully saturated rings. The van der Waals surface area contributed by atoms with E-state index in [1.165, 1.54) is 0 Å². The molecule has 2 N–H and O–H groups in total. The molecule has 3 aliphatic rings. The Hall–Kier alpha value is -0.910. The lowest BCUT2D eigenvalue weighted by Gasteiger charge is -2.50. The molecule has 2 aliphatic heterocycles. The zero-order valence-corrected chi connectivity index (χ0v) is 14.5. The summed E-state index contributed by atoms with van der Waals surface area (Å²) in [7, 11) is 0. The summed E-state index contributed by atoms with van der Waals surface area (Å²) in [6.45, 7) is 1.58. The predicted molar refractivity (Wildman–Crippen MR) is 89.8 cm³/mol. The number of fused-ring (bicyclic) bond motifs is 1. The fourth-order valence-corrected chi connectivity index (χ4v) is 5.31. The number of rotatable bonds is 1. The number of hydrogen-bond donors (Lipinski definition) is 2. The number of halogens is 1. The van der Waals surface area contributed by atoms with E-state index in [9.17, 15) is 15.0 Å². The van der Waals surface area contributed by atoms with E-state index < -0.39 is 12.2 Å². The molecule has 6 atom stereocenters. The average Bonchev–Trinajstić information content (AvgIpc) is 2.65. The molecule has 4 nitrogen and oxygen atoms in total. The summed E-state index contributed by atoms with van der Waals surface area (Å²) in [6, 6.07) is 7.92. The number of piperidine rings is 1. The Kier molecular flexibility index (Phi) is 3.98. The van der Waals surface area contributed by atoms with Gasteiger partial charge in [-0.1, -0.05) is 28.1 Å². The van der Waals surface area contributed by atoms with Gasteiger partial charge in [-0.3, -0.25) is 4.79 Å². The van der Waals surface area contributed by atoms with Crippen molar-refractivity contribution in [2.24, 2.45) is 17.8 Å². The molecule has 0 spiro atoms. The number of amides is 1. The van der Waals surface area contributed by atoms with Crippen LogP contribution < -0.4 is 0 Å². The summed E-state index contributed by atoms with van der Waals surface area (Å²) in [5.41, 5.74) is 1.02. The van der Waals surface area contributed by atoms with Gasteiger partial charge in [-0.2, -0.15) is 0 Å². The lowest BCUT2D eigenvalue weighted by Crippen LogP contribution is -2.58. The van der Waals surface area contributed by atoms with Crippen LogP contribution in [0.1, 0.15) is 30.7 Å². The van der Waals surface area contributed by atoms with E-state index >= 15 is 0 Å². The molecule has 5 heteroatoms. The molecule has 2 bridgehead atoms.